The highest BCUT2D eigenvalue weighted by Gasteiger charge is 2.55. The predicted molar refractivity (Wildman–Crippen MR) is 83.1 cm³/mol. The molecule has 2 fully saturated rings. The van der Waals surface area contributed by atoms with Crippen LogP contribution in [0.4, 0.5) is 0 Å². The summed E-state index contributed by atoms with van der Waals surface area (Å²) in [6.07, 6.45) is 5.64. The van der Waals surface area contributed by atoms with E-state index in [1.165, 1.54) is 24.8 Å². The number of rotatable bonds is 3. The molecule has 1 aliphatic carbocycles. The molecule has 3 heteroatoms. The van der Waals surface area contributed by atoms with Crippen LogP contribution in [0.5, 0.6) is 0 Å². The molecule has 3 nitrogen and oxygen atoms in total. The maximum absolute atomic E-state index is 12.5. The van der Waals surface area contributed by atoms with Crippen molar-refractivity contribution >= 4 is 5.97 Å². The van der Waals surface area contributed by atoms with Crippen LogP contribution in [-0.2, 0) is 9.53 Å². The first-order valence-corrected chi connectivity index (χ1v) is 8.05. The maximum atomic E-state index is 12.5. The third kappa shape index (κ3) is 2.71. The molecule has 0 amide bonds. The molecular formula is C18H25NO2. The van der Waals surface area contributed by atoms with Crippen molar-refractivity contribution in [3.05, 3.63) is 35.9 Å². The third-order valence-electron chi connectivity index (χ3n) is 5.00. The van der Waals surface area contributed by atoms with Crippen LogP contribution in [0.2, 0.25) is 0 Å². The Hall–Kier alpha value is -1.35. The normalized spacial score (nSPS) is 28.0. The molecule has 1 aromatic carbocycles. The first-order chi connectivity index (χ1) is 10.1. The van der Waals surface area contributed by atoms with E-state index in [1.807, 2.05) is 20.2 Å². The molecule has 1 aromatic rings. The minimum Gasteiger partial charge on any atom is -0.458 e. The number of nitrogens with zero attached hydrogens (tertiary/aromatic N) is 1. The second kappa shape index (κ2) is 5.80. The van der Waals surface area contributed by atoms with Gasteiger partial charge in [0.2, 0.25) is 0 Å². The molecule has 114 valence electrons. The summed E-state index contributed by atoms with van der Waals surface area (Å²) in [6, 6.07) is 10.5. The van der Waals surface area contributed by atoms with Gasteiger partial charge in [-0.05, 0) is 45.3 Å². The molecule has 1 heterocycles. The summed E-state index contributed by atoms with van der Waals surface area (Å²) in [4.78, 5) is 14.6. The summed E-state index contributed by atoms with van der Waals surface area (Å²) in [5, 5.41) is 0. The van der Waals surface area contributed by atoms with Crippen molar-refractivity contribution in [3.63, 3.8) is 0 Å². The highest BCUT2D eigenvalue weighted by Crippen LogP contribution is 2.51. The number of carbonyl (C=O) groups is 1. The molecule has 2 unspecified atom stereocenters. The minimum absolute atomic E-state index is 0.000506. The van der Waals surface area contributed by atoms with Crippen LogP contribution >= 0.6 is 0 Å². The number of ether oxygens (including phenoxy) is 1. The topological polar surface area (TPSA) is 29.5 Å². The fraction of sp³-hybridized carbons (Fsp3) is 0.611. The van der Waals surface area contributed by atoms with Crippen molar-refractivity contribution < 1.29 is 9.53 Å². The summed E-state index contributed by atoms with van der Waals surface area (Å²) in [5.74, 6) is 0.161. The van der Waals surface area contributed by atoms with Crippen molar-refractivity contribution in [1.29, 1.82) is 0 Å². The molecule has 0 aromatic heterocycles. The Morgan fingerprint density at radius 2 is 1.81 bits per heavy atom. The number of hydrogen-bond acceptors (Lipinski definition) is 3. The van der Waals surface area contributed by atoms with Crippen LogP contribution in [0.25, 0.3) is 0 Å². The Morgan fingerprint density at radius 1 is 1.14 bits per heavy atom. The second-order valence-corrected chi connectivity index (χ2v) is 6.80. The van der Waals surface area contributed by atoms with Crippen molar-refractivity contribution in [3.8, 4) is 0 Å². The second-order valence-electron chi connectivity index (χ2n) is 6.80. The molecule has 21 heavy (non-hydrogen) atoms. The van der Waals surface area contributed by atoms with Gasteiger partial charge >= 0.3 is 5.97 Å². The van der Waals surface area contributed by atoms with Gasteiger partial charge in [0.15, 0.2) is 0 Å². The standard InChI is InChI=1S/C18H25NO2/c1-19(2)13-15-16(14-9-5-3-6-10-14)18(21-17(15)20)11-7-4-8-12-18/h3,5-6,9-10,15-16H,4,7-8,11-13H2,1-2H3. The minimum atomic E-state index is -0.253. The van der Waals surface area contributed by atoms with E-state index in [4.69, 9.17) is 4.74 Å². The van der Waals surface area contributed by atoms with E-state index in [0.29, 0.717) is 0 Å². The first-order valence-electron chi connectivity index (χ1n) is 8.05. The molecule has 0 radical (unpaired) electrons. The molecule has 1 saturated heterocycles. The van der Waals surface area contributed by atoms with Crippen LogP contribution in [0.1, 0.15) is 43.6 Å². The molecule has 1 saturated carbocycles. The van der Waals surface area contributed by atoms with Gasteiger partial charge in [-0.1, -0.05) is 36.8 Å². The number of benzene rings is 1. The van der Waals surface area contributed by atoms with Crippen molar-refractivity contribution in [1.82, 2.24) is 4.90 Å². The van der Waals surface area contributed by atoms with Gasteiger partial charge < -0.3 is 9.64 Å². The van der Waals surface area contributed by atoms with Gasteiger partial charge in [-0.25, -0.2) is 0 Å². The lowest BCUT2D eigenvalue weighted by molar-refractivity contribution is -0.153. The van der Waals surface area contributed by atoms with E-state index in [2.05, 4.69) is 29.2 Å². The monoisotopic (exact) mass is 287 g/mol. The Morgan fingerprint density at radius 3 is 2.43 bits per heavy atom. The smallest absolute Gasteiger partial charge is 0.311 e. The average molecular weight is 287 g/mol. The Bertz CT molecular complexity index is 491. The average Bonchev–Trinajstić information content (AvgIpc) is 2.72. The van der Waals surface area contributed by atoms with Gasteiger partial charge in [-0.2, -0.15) is 0 Å². The highest BCUT2D eigenvalue weighted by atomic mass is 16.6. The number of carbonyl (C=O) groups excluding carboxylic acids is 1. The summed E-state index contributed by atoms with van der Waals surface area (Å²) in [5.41, 5.74) is 1.01. The Kier molecular flexibility index (Phi) is 4.03. The van der Waals surface area contributed by atoms with Gasteiger partial charge in [0, 0.05) is 12.5 Å². The SMILES string of the molecule is CN(C)CC1C(=O)OC2(CCCCC2)C1c1ccccc1. The number of esters is 1. The van der Waals surface area contributed by atoms with Crippen LogP contribution in [0, 0.1) is 5.92 Å². The molecule has 1 aliphatic heterocycles. The Balaban J connectivity index is 1.99. The predicted octanol–water partition coefficient (Wildman–Crippen LogP) is 3.21. The lowest BCUT2D eigenvalue weighted by Crippen LogP contribution is -2.39. The van der Waals surface area contributed by atoms with Crippen LogP contribution in [-0.4, -0.2) is 37.1 Å². The lowest BCUT2D eigenvalue weighted by Gasteiger charge is -2.38. The van der Waals surface area contributed by atoms with Gasteiger partial charge in [0.25, 0.3) is 0 Å². The van der Waals surface area contributed by atoms with Gasteiger partial charge in [-0.15, -0.1) is 0 Å². The van der Waals surface area contributed by atoms with E-state index < -0.39 is 0 Å². The van der Waals surface area contributed by atoms with Gasteiger partial charge in [0.1, 0.15) is 5.60 Å². The summed E-state index contributed by atoms with van der Waals surface area (Å²) < 4.78 is 6.00. The van der Waals surface area contributed by atoms with E-state index in [-0.39, 0.29) is 23.4 Å². The molecular weight excluding hydrogens is 262 g/mol. The molecule has 2 aliphatic rings. The fourth-order valence-electron chi connectivity index (χ4n) is 4.18. The van der Waals surface area contributed by atoms with E-state index in [1.54, 1.807) is 0 Å². The third-order valence-corrected chi connectivity index (χ3v) is 5.00. The zero-order valence-electron chi connectivity index (χ0n) is 13.0. The van der Waals surface area contributed by atoms with Gasteiger partial charge in [0.05, 0.1) is 5.92 Å². The van der Waals surface area contributed by atoms with Crippen molar-refractivity contribution in [2.45, 2.75) is 43.6 Å². The highest BCUT2D eigenvalue weighted by molar-refractivity contribution is 5.78. The fourth-order valence-corrected chi connectivity index (χ4v) is 4.18. The summed E-state index contributed by atoms with van der Waals surface area (Å²) in [6.45, 7) is 0.764. The summed E-state index contributed by atoms with van der Waals surface area (Å²) in [7, 11) is 4.06. The number of hydrogen-bond donors (Lipinski definition) is 0. The van der Waals surface area contributed by atoms with Gasteiger partial charge in [-0.3, -0.25) is 4.79 Å². The van der Waals surface area contributed by atoms with E-state index in [9.17, 15) is 4.79 Å². The molecule has 1 spiro atoms. The van der Waals surface area contributed by atoms with Crippen molar-refractivity contribution in [2.24, 2.45) is 5.92 Å². The molecule has 2 atom stereocenters. The van der Waals surface area contributed by atoms with Crippen LogP contribution in [0.3, 0.4) is 0 Å². The maximum Gasteiger partial charge on any atom is 0.311 e. The van der Waals surface area contributed by atoms with E-state index >= 15 is 0 Å². The lowest BCUT2D eigenvalue weighted by atomic mass is 9.69. The van der Waals surface area contributed by atoms with Crippen LogP contribution in [0.15, 0.2) is 30.3 Å². The zero-order valence-corrected chi connectivity index (χ0v) is 13.0. The molecule has 3 rings (SSSR count). The van der Waals surface area contributed by atoms with Crippen LogP contribution < -0.4 is 0 Å². The van der Waals surface area contributed by atoms with E-state index in [0.717, 1.165) is 19.4 Å². The first kappa shape index (κ1) is 14.6. The zero-order chi connectivity index (χ0) is 14.9. The summed E-state index contributed by atoms with van der Waals surface area (Å²) >= 11 is 0. The molecule has 0 N–H and O–H groups in total. The Labute approximate surface area is 127 Å². The quantitative estimate of drug-likeness (QED) is 0.800. The largest absolute Gasteiger partial charge is 0.458 e. The molecule has 0 bridgehead atoms. The van der Waals surface area contributed by atoms with Crippen molar-refractivity contribution in [2.75, 3.05) is 20.6 Å².